The van der Waals surface area contributed by atoms with Crippen molar-refractivity contribution in [2.24, 2.45) is 0 Å². The van der Waals surface area contributed by atoms with E-state index in [1.807, 2.05) is 0 Å². The van der Waals surface area contributed by atoms with Gasteiger partial charge in [0.1, 0.15) is 0 Å². The van der Waals surface area contributed by atoms with Crippen LogP contribution in [0.2, 0.25) is 0 Å². The smallest absolute Gasteiger partial charge is 0.322 e. The highest BCUT2D eigenvalue weighted by atomic mass is 14.8. The molecule has 0 aliphatic rings. The molecule has 5 rings (SSSR count). The quantitative estimate of drug-likeness (QED) is 0.436. The van der Waals surface area contributed by atoms with Crippen LogP contribution in [0.25, 0.3) is 21.5 Å². The van der Waals surface area contributed by atoms with Crippen molar-refractivity contribution >= 4 is 45.0 Å². The maximum atomic E-state index is 3.80. The number of rotatable bonds is 4. The topological polar surface area (TPSA) is 12.0 Å². The number of benzene rings is 5. The minimum atomic E-state index is 0.0552. The Hall–Kier alpha value is -3.52. The van der Waals surface area contributed by atoms with Gasteiger partial charge in [0, 0.05) is 5.69 Å². The second-order valence-electron chi connectivity index (χ2n) is 7.08. The summed E-state index contributed by atoms with van der Waals surface area (Å²) in [7, 11) is 0. The van der Waals surface area contributed by atoms with E-state index >= 15 is 0 Å². The van der Waals surface area contributed by atoms with Gasteiger partial charge in [0.05, 0.1) is 0 Å². The minimum absolute atomic E-state index is 0.0552. The first-order chi connectivity index (χ1) is 13.9. The molecular formula is C26H20BN. The monoisotopic (exact) mass is 357 g/mol. The van der Waals surface area contributed by atoms with Gasteiger partial charge >= 0.3 is 6.85 Å². The number of hydrogen-bond donors (Lipinski definition) is 1. The third-order valence-electron chi connectivity index (χ3n) is 5.35. The molecular weight excluding hydrogens is 337 g/mol. The predicted octanol–water partition coefficient (Wildman–Crippen LogP) is 5.21. The van der Waals surface area contributed by atoms with Gasteiger partial charge in [0.25, 0.3) is 0 Å². The SMILES string of the molecule is c1ccc(NB(c2cccc3ccccc23)c2cccc3ccccc23)cc1. The summed E-state index contributed by atoms with van der Waals surface area (Å²) in [5, 5.41) is 8.89. The van der Waals surface area contributed by atoms with Crippen LogP contribution >= 0.6 is 0 Å². The number of para-hydroxylation sites is 1. The Kier molecular flexibility index (Phi) is 4.31. The van der Waals surface area contributed by atoms with Crippen LogP contribution in [-0.2, 0) is 0 Å². The van der Waals surface area contributed by atoms with Gasteiger partial charge in [-0.1, -0.05) is 103 Å². The van der Waals surface area contributed by atoms with Gasteiger partial charge < -0.3 is 5.23 Å². The van der Waals surface area contributed by atoms with E-state index in [1.54, 1.807) is 0 Å². The molecule has 0 fully saturated rings. The van der Waals surface area contributed by atoms with Crippen molar-refractivity contribution in [3.63, 3.8) is 0 Å². The molecule has 28 heavy (non-hydrogen) atoms. The first-order valence-electron chi connectivity index (χ1n) is 9.67. The van der Waals surface area contributed by atoms with Crippen molar-refractivity contribution < 1.29 is 0 Å². The molecule has 0 aliphatic heterocycles. The maximum Gasteiger partial charge on any atom is 0.322 e. The van der Waals surface area contributed by atoms with E-state index in [2.05, 4.69) is 120 Å². The van der Waals surface area contributed by atoms with E-state index in [1.165, 1.54) is 32.5 Å². The van der Waals surface area contributed by atoms with Crippen molar-refractivity contribution in [1.29, 1.82) is 0 Å². The summed E-state index contributed by atoms with van der Waals surface area (Å²) in [4.78, 5) is 0. The fraction of sp³-hybridized carbons (Fsp3) is 0. The highest BCUT2D eigenvalue weighted by Crippen LogP contribution is 2.17. The van der Waals surface area contributed by atoms with E-state index in [-0.39, 0.29) is 6.85 Å². The predicted molar refractivity (Wildman–Crippen MR) is 123 cm³/mol. The number of fused-ring (bicyclic) bond motifs is 2. The molecule has 0 unspecified atom stereocenters. The Morgan fingerprint density at radius 2 is 0.893 bits per heavy atom. The molecule has 0 heterocycles. The molecule has 0 saturated carbocycles. The molecule has 0 aliphatic carbocycles. The van der Waals surface area contributed by atoms with Gasteiger partial charge in [-0.2, -0.15) is 0 Å². The lowest BCUT2D eigenvalue weighted by Gasteiger charge is -2.21. The minimum Gasteiger partial charge on any atom is -0.420 e. The second kappa shape index (κ2) is 7.24. The normalized spacial score (nSPS) is 10.9. The summed E-state index contributed by atoms with van der Waals surface area (Å²) in [5.41, 5.74) is 3.70. The van der Waals surface area contributed by atoms with Gasteiger partial charge in [-0.3, -0.25) is 0 Å². The van der Waals surface area contributed by atoms with Gasteiger partial charge in [-0.05, 0) is 44.6 Å². The molecule has 0 spiro atoms. The number of hydrogen-bond acceptors (Lipinski definition) is 1. The number of nitrogens with one attached hydrogen (secondary N) is 1. The largest absolute Gasteiger partial charge is 0.420 e. The van der Waals surface area contributed by atoms with E-state index in [0.29, 0.717) is 0 Å². The molecule has 2 heteroatoms. The lowest BCUT2D eigenvalue weighted by molar-refractivity contribution is 1.65. The Morgan fingerprint density at radius 3 is 1.46 bits per heavy atom. The molecule has 0 atom stereocenters. The molecule has 0 bridgehead atoms. The summed E-state index contributed by atoms with van der Waals surface area (Å²) < 4.78 is 0. The molecule has 1 N–H and O–H groups in total. The highest BCUT2D eigenvalue weighted by Gasteiger charge is 2.24. The average Bonchev–Trinajstić information content (AvgIpc) is 2.78. The molecule has 132 valence electrons. The number of anilines is 1. The van der Waals surface area contributed by atoms with Crippen LogP contribution in [0.5, 0.6) is 0 Å². The van der Waals surface area contributed by atoms with Crippen molar-refractivity contribution in [2.45, 2.75) is 0 Å². The molecule has 0 radical (unpaired) electrons. The summed E-state index contributed by atoms with van der Waals surface area (Å²) >= 11 is 0. The van der Waals surface area contributed by atoms with Gasteiger partial charge in [-0.15, -0.1) is 0 Å². The van der Waals surface area contributed by atoms with E-state index in [4.69, 9.17) is 0 Å². The molecule has 1 nitrogen and oxygen atoms in total. The first-order valence-corrected chi connectivity index (χ1v) is 9.67. The Balaban J connectivity index is 1.75. The van der Waals surface area contributed by atoms with Crippen LogP contribution in [0.4, 0.5) is 5.69 Å². The standard InChI is InChI=1S/C26H20BN/c1-2-14-22(15-3-1)28-27(25-18-8-12-20-10-4-6-16-23(20)25)26-19-9-13-21-11-5-7-17-24(21)26/h1-19,28H. The molecule has 0 aromatic heterocycles. The van der Waals surface area contributed by atoms with E-state index in [9.17, 15) is 0 Å². The maximum absolute atomic E-state index is 3.80. The summed E-state index contributed by atoms with van der Waals surface area (Å²) in [6.45, 7) is 0.0552. The van der Waals surface area contributed by atoms with Crippen LogP contribution in [0.1, 0.15) is 0 Å². The van der Waals surface area contributed by atoms with Gasteiger partial charge in [0.15, 0.2) is 0 Å². The lowest BCUT2D eigenvalue weighted by atomic mass is 9.49. The summed E-state index contributed by atoms with van der Waals surface area (Å²) in [6, 6.07) is 40.9. The Bertz CT molecular complexity index is 1160. The molecule has 5 aromatic rings. The van der Waals surface area contributed by atoms with Crippen molar-refractivity contribution in [3.05, 3.63) is 115 Å². The van der Waals surface area contributed by atoms with E-state index < -0.39 is 0 Å². The summed E-state index contributed by atoms with van der Waals surface area (Å²) in [6.07, 6.45) is 0. The van der Waals surface area contributed by atoms with Gasteiger partial charge in [-0.25, -0.2) is 0 Å². The summed E-state index contributed by atoms with van der Waals surface area (Å²) in [5.74, 6) is 0. The van der Waals surface area contributed by atoms with Gasteiger partial charge in [0.2, 0.25) is 0 Å². The van der Waals surface area contributed by atoms with Crippen molar-refractivity contribution in [1.82, 2.24) is 0 Å². The van der Waals surface area contributed by atoms with Crippen molar-refractivity contribution in [3.8, 4) is 0 Å². The fourth-order valence-electron chi connectivity index (χ4n) is 4.03. The van der Waals surface area contributed by atoms with Crippen LogP contribution in [-0.4, -0.2) is 6.85 Å². The van der Waals surface area contributed by atoms with E-state index in [0.717, 1.165) is 5.69 Å². The van der Waals surface area contributed by atoms with Crippen LogP contribution < -0.4 is 16.2 Å². The highest BCUT2D eigenvalue weighted by molar-refractivity contribution is 6.90. The van der Waals surface area contributed by atoms with Crippen molar-refractivity contribution in [2.75, 3.05) is 5.23 Å². The molecule has 5 aromatic carbocycles. The lowest BCUT2D eigenvalue weighted by Crippen LogP contribution is -2.49. The third-order valence-corrected chi connectivity index (χ3v) is 5.35. The Labute approximate surface area is 165 Å². The zero-order valence-corrected chi connectivity index (χ0v) is 15.5. The Morgan fingerprint density at radius 1 is 0.429 bits per heavy atom. The van der Waals surface area contributed by atoms with Crippen LogP contribution in [0.15, 0.2) is 115 Å². The van der Waals surface area contributed by atoms with Crippen LogP contribution in [0, 0.1) is 0 Å². The zero-order valence-electron chi connectivity index (χ0n) is 15.5. The molecule has 0 amide bonds. The zero-order chi connectivity index (χ0) is 18.8. The average molecular weight is 357 g/mol. The first kappa shape index (κ1) is 16.6. The van der Waals surface area contributed by atoms with Crippen LogP contribution in [0.3, 0.4) is 0 Å². The molecule has 0 saturated heterocycles. The third kappa shape index (κ3) is 3.03. The second-order valence-corrected chi connectivity index (χ2v) is 7.08. The fourth-order valence-corrected chi connectivity index (χ4v) is 4.03.